The predicted molar refractivity (Wildman–Crippen MR) is 82.0 cm³/mol. The number of aromatic nitrogens is 3. The first-order chi connectivity index (χ1) is 10.5. The lowest BCUT2D eigenvalue weighted by molar-refractivity contribution is -0.136. The second-order valence-corrected chi connectivity index (χ2v) is 5.35. The summed E-state index contributed by atoms with van der Waals surface area (Å²) in [6, 6.07) is 7.23. The van der Waals surface area contributed by atoms with Crippen molar-refractivity contribution >= 4 is 17.5 Å². The molecule has 2 aromatic rings. The zero-order valence-corrected chi connectivity index (χ0v) is 12.6. The molecule has 0 saturated heterocycles. The monoisotopic (exact) mass is 301 g/mol. The van der Waals surface area contributed by atoms with Crippen LogP contribution in [-0.4, -0.2) is 33.1 Å². The zero-order chi connectivity index (χ0) is 15.9. The number of nitrogens with zero attached hydrogens (tertiary/aromatic N) is 3. The van der Waals surface area contributed by atoms with Crippen LogP contribution in [0.1, 0.15) is 19.4 Å². The highest BCUT2D eigenvalue weighted by Crippen LogP contribution is 2.10. The summed E-state index contributed by atoms with van der Waals surface area (Å²) in [7, 11) is 0. The maximum absolute atomic E-state index is 11.7. The Labute approximate surface area is 128 Å². The van der Waals surface area contributed by atoms with Crippen LogP contribution in [0.5, 0.6) is 0 Å². The maximum atomic E-state index is 11.7. The van der Waals surface area contributed by atoms with Crippen LogP contribution in [0.15, 0.2) is 36.9 Å². The third kappa shape index (κ3) is 4.69. The highest BCUT2D eigenvalue weighted by Gasteiger charge is 2.13. The van der Waals surface area contributed by atoms with E-state index in [2.05, 4.69) is 20.7 Å². The van der Waals surface area contributed by atoms with Gasteiger partial charge in [-0.25, -0.2) is 9.67 Å². The van der Waals surface area contributed by atoms with Gasteiger partial charge in [0.1, 0.15) is 12.7 Å². The predicted octanol–water partition coefficient (Wildman–Crippen LogP) is 1.04. The van der Waals surface area contributed by atoms with Crippen LogP contribution in [0.2, 0.25) is 0 Å². The Bertz CT molecular complexity index is 620. The van der Waals surface area contributed by atoms with Gasteiger partial charge in [-0.05, 0) is 23.6 Å². The fraction of sp³-hybridized carbons (Fsp3) is 0.333. The number of nitrogens with one attached hydrogen (secondary N) is 2. The quantitative estimate of drug-likeness (QED) is 0.808. The van der Waals surface area contributed by atoms with Crippen LogP contribution in [-0.2, 0) is 16.1 Å². The normalized spacial score (nSPS) is 10.5. The molecule has 2 rings (SSSR count). The van der Waals surface area contributed by atoms with Crippen molar-refractivity contribution < 1.29 is 9.59 Å². The van der Waals surface area contributed by atoms with Gasteiger partial charge < -0.3 is 10.6 Å². The number of anilines is 1. The van der Waals surface area contributed by atoms with Crippen LogP contribution in [0, 0.1) is 5.92 Å². The molecule has 2 N–H and O–H groups in total. The van der Waals surface area contributed by atoms with Gasteiger partial charge in [0, 0.05) is 12.2 Å². The van der Waals surface area contributed by atoms with E-state index in [4.69, 9.17) is 0 Å². The second-order valence-electron chi connectivity index (χ2n) is 5.35. The smallest absolute Gasteiger partial charge is 0.313 e. The van der Waals surface area contributed by atoms with Crippen LogP contribution >= 0.6 is 0 Å². The first kappa shape index (κ1) is 15.7. The Morgan fingerprint density at radius 2 is 1.91 bits per heavy atom. The number of carbonyl (C=O) groups excluding carboxylic acids is 2. The molecule has 0 bridgehead atoms. The van der Waals surface area contributed by atoms with Gasteiger partial charge in [-0.15, -0.1) is 0 Å². The minimum atomic E-state index is -0.662. The topological polar surface area (TPSA) is 88.9 Å². The molecule has 7 nitrogen and oxygen atoms in total. The average molecular weight is 301 g/mol. The molecule has 0 aliphatic carbocycles. The van der Waals surface area contributed by atoms with Gasteiger partial charge in [0.05, 0.1) is 6.54 Å². The van der Waals surface area contributed by atoms with E-state index in [9.17, 15) is 9.59 Å². The van der Waals surface area contributed by atoms with Gasteiger partial charge in [0.2, 0.25) is 0 Å². The molecule has 0 aliphatic heterocycles. The molecule has 0 saturated carbocycles. The molecule has 0 spiro atoms. The van der Waals surface area contributed by atoms with E-state index < -0.39 is 11.8 Å². The number of benzene rings is 1. The molecular formula is C15H19N5O2. The summed E-state index contributed by atoms with van der Waals surface area (Å²) in [4.78, 5) is 27.2. The number of hydrogen-bond donors (Lipinski definition) is 2. The first-order valence-corrected chi connectivity index (χ1v) is 7.05. The van der Waals surface area contributed by atoms with E-state index in [0.717, 1.165) is 5.56 Å². The van der Waals surface area contributed by atoms with Crippen molar-refractivity contribution in [2.24, 2.45) is 5.92 Å². The molecule has 1 aromatic heterocycles. The van der Waals surface area contributed by atoms with Gasteiger partial charge in [-0.2, -0.15) is 5.10 Å². The summed E-state index contributed by atoms with van der Waals surface area (Å²) in [5, 5.41) is 9.16. The van der Waals surface area contributed by atoms with Crippen LogP contribution < -0.4 is 10.6 Å². The van der Waals surface area contributed by atoms with Gasteiger partial charge >= 0.3 is 11.8 Å². The number of amides is 2. The summed E-state index contributed by atoms with van der Waals surface area (Å²) >= 11 is 0. The highest BCUT2D eigenvalue weighted by molar-refractivity contribution is 6.39. The van der Waals surface area contributed by atoms with E-state index in [1.54, 1.807) is 23.1 Å². The van der Waals surface area contributed by atoms with Crippen LogP contribution in [0.25, 0.3) is 0 Å². The van der Waals surface area contributed by atoms with Crippen molar-refractivity contribution in [1.29, 1.82) is 0 Å². The molecule has 1 aromatic carbocycles. The van der Waals surface area contributed by atoms with Gasteiger partial charge in [-0.1, -0.05) is 26.0 Å². The van der Waals surface area contributed by atoms with Crippen molar-refractivity contribution in [1.82, 2.24) is 20.1 Å². The molecule has 1 heterocycles. The summed E-state index contributed by atoms with van der Waals surface area (Å²) in [5.74, 6) is -0.988. The van der Waals surface area contributed by atoms with Crippen LogP contribution in [0.3, 0.4) is 0 Å². The molecule has 0 fully saturated rings. The van der Waals surface area contributed by atoms with E-state index in [1.807, 2.05) is 26.0 Å². The standard InChI is InChI=1S/C15H19N5O2/c1-11(2)7-17-14(21)15(22)19-13-5-3-12(4-6-13)8-20-10-16-9-18-20/h3-6,9-11H,7-8H2,1-2H3,(H,17,21)(H,19,22). The summed E-state index contributed by atoms with van der Waals surface area (Å²) in [6.07, 6.45) is 3.11. The molecule has 116 valence electrons. The molecule has 2 amide bonds. The number of carbonyl (C=O) groups is 2. The minimum Gasteiger partial charge on any atom is -0.348 e. The highest BCUT2D eigenvalue weighted by atomic mass is 16.2. The maximum Gasteiger partial charge on any atom is 0.313 e. The molecule has 0 aliphatic rings. The Morgan fingerprint density at radius 3 is 2.50 bits per heavy atom. The lowest BCUT2D eigenvalue weighted by atomic mass is 10.2. The SMILES string of the molecule is CC(C)CNC(=O)C(=O)Nc1ccc(Cn2cncn2)cc1. The molecule has 0 unspecified atom stereocenters. The summed E-state index contributed by atoms with van der Waals surface area (Å²) in [6.45, 7) is 5.00. The number of rotatable bonds is 5. The summed E-state index contributed by atoms with van der Waals surface area (Å²) < 4.78 is 1.70. The molecule has 7 heteroatoms. The molecule has 0 radical (unpaired) electrons. The summed E-state index contributed by atoms with van der Waals surface area (Å²) in [5.41, 5.74) is 1.60. The lowest BCUT2D eigenvalue weighted by Crippen LogP contribution is -2.37. The zero-order valence-electron chi connectivity index (χ0n) is 12.6. The Hall–Kier alpha value is -2.70. The average Bonchev–Trinajstić information content (AvgIpc) is 2.99. The third-order valence-electron chi connectivity index (χ3n) is 2.90. The van der Waals surface area contributed by atoms with Gasteiger partial charge in [-0.3, -0.25) is 9.59 Å². The van der Waals surface area contributed by atoms with E-state index in [1.165, 1.54) is 6.33 Å². The van der Waals surface area contributed by atoms with E-state index >= 15 is 0 Å². The van der Waals surface area contributed by atoms with Gasteiger partial charge in [0.15, 0.2) is 0 Å². The van der Waals surface area contributed by atoms with Crippen LogP contribution in [0.4, 0.5) is 5.69 Å². The van der Waals surface area contributed by atoms with Crippen molar-refractivity contribution in [3.8, 4) is 0 Å². The number of hydrogen-bond acceptors (Lipinski definition) is 4. The second kappa shape index (κ2) is 7.35. The molecule has 22 heavy (non-hydrogen) atoms. The largest absolute Gasteiger partial charge is 0.348 e. The van der Waals surface area contributed by atoms with Crippen molar-refractivity contribution in [2.45, 2.75) is 20.4 Å². The molecular weight excluding hydrogens is 282 g/mol. The van der Waals surface area contributed by atoms with Crippen molar-refractivity contribution in [3.05, 3.63) is 42.5 Å². The fourth-order valence-electron chi connectivity index (χ4n) is 1.76. The Kier molecular flexibility index (Phi) is 5.24. The Morgan fingerprint density at radius 1 is 1.18 bits per heavy atom. The van der Waals surface area contributed by atoms with Crippen molar-refractivity contribution in [3.63, 3.8) is 0 Å². The third-order valence-corrected chi connectivity index (χ3v) is 2.90. The lowest BCUT2D eigenvalue weighted by Gasteiger charge is -2.08. The fourth-order valence-corrected chi connectivity index (χ4v) is 1.76. The van der Waals surface area contributed by atoms with E-state index in [0.29, 0.717) is 24.7 Å². The van der Waals surface area contributed by atoms with Gasteiger partial charge in [0.25, 0.3) is 0 Å². The van der Waals surface area contributed by atoms with E-state index in [-0.39, 0.29) is 0 Å². The molecule has 0 atom stereocenters. The Balaban J connectivity index is 1.88. The van der Waals surface area contributed by atoms with Crippen molar-refractivity contribution in [2.75, 3.05) is 11.9 Å². The first-order valence-electron chi connectivity index (χ1n) is 7.05. The minimum absolute atomic E-state index is 0.299.